The lowest BCUT2D eigenvalue weighted by molar-refractivity contribution is 1.26. The minimum Gasteiger partial charge on any atom is -0.192 e. The van der Waals surface area contributed by atoms with Gasteiger partial charge in [0, 0.05) is 5.56 Å². The van der Waals surface area contributed by atoms with Crippen LogP contribution >= 0.6 is 23.3 Å². The van der Waals surface area contributed by atoms with Crippen LogP contribution in [0.2, 0.25) is 0 Å². The second kappa shape index (κ2) is 5.04. The van der Waals surface area contributed by atoms with Gasteiger partial charge in [0.2, 0.25) is 0 Å². The molecule has 1 aromatic heterocycles. The largest absolute Gasteiger partial charge is 0.192 e. The minimum atomic E-state index is 0.689. The van der Waals surface area contributed by atoms with E-state index in [-0.39, 0.29) is 0 Å². The second-order valence-electron chi connectivity index (χ2n) is 4.03. The van der Waals surface area contributed by atoms with E-state index in [1.807, 2.05) is 24.5 Å². The molecule has 0 N–H and O–H groups in total. The van der Waals surface area contributed by atoms with Crippen LogP contribution in [0.1, 0.15) is 5.56 Å². The number of hydrogen-bond donors (Lipinski definition) is 0. The van der Waals surface area contributed by atoms with E-state index >= 15 is 0 Å². The molecule has 0 amide bonds. The highest BCUT2D eigenvalue weighted by Crippen LogP contribution is 2.37. The van der Waals surface area contributed by atoms with Crippen molar-refractivity contribution >= 4 is 34.1 Å². The molecule has 2 aromatic carbocycles. The number of hydrogen-bond acceptors (Lipinski definition) is 4. The first-order valence-electron chi connectivity index (χ1n) is 5.77. The fourth-order valence-electron chi connectivity index (χ4n) is 2.12. The summed E-state index contributed by atoms with van der Waals surface area (Å²) in [6.07, 6.45) is 1.95. The summed E-state index contributed by atoms with van der Waals surface area (Å²) in [5, 5.41) is 12.5. The molecule has 3 rings (SSSR count). The molecule has 0 unspecified atom stereocenters. The zero-order valence-corrected chi connectivity index (χ0v) is 11.9. The maximum Gasteiger partial charge on any atom is 0.128 e. The summed E-state index contributed by atoms with van der Waals surface area (Å²) in [5.41, 5.74) is 1.78. The molecule has 4 heteroatoms. The van der Waals surface area contributed by atoms with Gasteiger partial charge in [-0.05, 0) is 28.6 Å². The van der Waals surface area contributed by atoms with Crippen LogP contribution in [0, 0.1) is 11.3 Å². The Morgan fingerprint density at radius 3 is 2.74 bits per heavy atom. The summed E-state index contributed by atoms with van der Waals surface area (Å²) < 4.78 is 4.37. The zero-order chi connectivity index (χ0) is 13.2. The third-order valence-corrected chi connectivity index (χ3v) is 4.68. The van der Waals surface area contributed by atoms with Gasteiger partial charge in [-0.3, -0.25) is 0 Å². The van der Waals surface area contributed by atoms with Crippen molar-refractivity contribution < 1.29 is 0 Å². The van der Waals surface area contributed by atoms with Crippen LogP contribution < -0.4 is 0 Å². The van der Waals surface area contributed by atoms with Crippen molar-refractivity contribution in [3.63, 3.8) is 0 Å². The molecule has 1 heterocycles. The number of aromatic nitrogens is 1. The van der Waals surface area contributed by atoms with Crippen LogP contribution in [0.4, 0.5) is 0 Å². The standard InChI is InChI=1S/C15H10N2S2/c1-18-15-13(9-16)14(19-17-15)12-8-4-6-10-5-2-3-7-11(10)12/h2-8H,1H3. The van der Waals surface area contributed by atoms with E-state index in [0.717, 1.165) is 20.9 Å². The number of nitriles is 1. The highest BCUT2D eigenvalue weighted by Gasteiger charge is 2.16. The van der Waals surface area contributed by atoms with Crippen molar-refractivity contribution in [2.45, 2.75) is 5.03 Å². The molecule has 0 atom stereocenters. The third kappa shape index (κ3) is 2.01. The lowest BCUT2D eigenvalue weighted by atomic mass is 10.0. The Kier molecular flexibility index (Phi) is 3.24. The van der Waals surface area contributed by atoms with E-state index in [2.05, 4.69) is 34.7 Å². The van der Waals surface area contributed by atoms with E-state index in [4.69, 9.17) is 0 Å². The Bertz CT molecular complexity index is 779. The summed E-state index contributed by atoms with van der Waals surface area (Å²) in [6, 6.07) is 16.7. The molecule has 0 fully saturated rings. The molecule has 0 saturated carbocycles. The van der Waals surface area contributed by atoms with Crippen LogP contribution in [0.3, 0.4) is 0 Å². The minimum absolute atomic E-state index is 0.689. The maximum atomic E-state index is 9.36. The molecular formula is C15H10N2S2. The van der Waals surface area contributed by atoms with Crippen molar-refractivity contribution in [2.75, 3.05) is 6.26 Å². The number of benzene rings is 2. The van der Waals surface area contributed by atoms with Crippen molar-refractivity contribution in [3.05, 3.63) is 48.0 Å². The summed E-state index contributed by atoms with van der Waals surface area (Å²) in [7, 11) is 0. The van der Waals surface area contributed by atoms with E-state index in [9.17, 15) is 5.26 Å². The van der Waals surface area contributed by atoms with Gasteiger partial charge < -0.3 is 0 Å². The Morgan fingerprint density at radius 1 is 1.16 bits per heavy atom. The van der Waals surface area contributed by atoms with Crippen LogP contribution in [-0.2, 0) is 0 Å². The first-order chi connectivity index (χ1) is 9.35. The number of thioether (sulfide) groups is 1. The molecule has 0 aliphatic heterocycles. The topological polar surface area (TPSA) is 36.7 Å². The van der Waals surface area contributed by atoms with Gasteiger partial charge in [0.1, 0.15) is 16.7 Å². The predicted octanol–water partition coefficient (Wildman–Crippen LogP) is 4.56. The van der Waals surface area contributed by atoms with Gasteiger partial charge in [-0.25, -0.2) is 0 Å². The van der Waals surface area contributed by atoms with Crippen molar-refractivity contribution in [2.24, 2.45) is 0 Å². The van der Waals surface area contributed by atoms with E-state index in [0.29, 0.717) is 5.56 Å². The van der Waals surface area contributed by atoms with E-state index in [1.54, 1.807) is 0 Å². The first-order valence-corrected chi connectivity index (χ1v) is 7.77. The molecule has 0 radical (unpaired) electrons. The van der Waals surface area contributed by atoms with Gasteiger partial charge in [0.15, 0.2) is 0 Å². The van der Waals surface area contributed by atoms with Gasteiger partial charge in [-0.15, -0.1) is 11.8 Å². The zero-order valence-electron chi connectivity index (χ0n) is 10.3. The lowest BCUT2D eigenvalue weighted by Gasteiger charge is -2.04. The van der Waals surface area contributed by atoms with Crippen molar-refractivity contribution in [3.8, 4) is 16.5 Å². The van der Waals surface area contributed by atoms with Gasteiger partial charge in [0.05, 0.1) is 4.88 Å². The predicted molar refractivity (Wildman–Crippen MR) is 81.6 cm³/mol. The molecule has 0 aliphatic rings. The van der Waals surface area contributed by atoms with Gasteiger partial charge in [-0.1, -0.05) is 42.5 Å². The van der Waals surface area contributed by atoms with E-state index in [1.165, 1.54) is 28.7 Å². The van der Waals surface area contributed by atoms with Crippen LogP contribution in [0.15, 0.2) is 47.5 Å². The van der Waals surface area contributed by atoms with E-state index < -0.39 is 0 Å². The maximum absolute atomic E-state index is 9.36. The fraction of sp³-hybridized carbons (Fsp3) is 0.0667. The molecule has 0 aliphatic carbocycles. The molecule has 0 saturated heterocycles. The molecular weight excluding hydrogens is 272 g/mol. The molecule has 92 valence electrons. The second-order valence-corrected chi connectivity index (χ2v) is 5.60. The SMILES string of the molecule is CSc1nsc(-c2cccc3ccccc23)c1C#N. The fourth-order valence-corrected chi connectivity index (χ4v) is 3.72. The highest BCUT2D eigenvalue weighted by molar-refractivity contribution is 7.98. The highest BCUT2D eigenvalue weighted by atomic mass is 32.2. The Balaban J connectivity index is 2.31. The van der Waals surface area contributed by atoms with Crippen molar-refractivity contribution in [1.29, 1.82) is 5.26 Å². The summed E-state index contributed by atoms with van der Waals surface area (Å²) in [6.45, 7) is 0. The molecule has 19 heavy (non-hydrogen) atoms. The molecule has 0 spiro atoms. The molecule has 3 aromatic rings. The average molecular weight is 282 g/mol. The quantitative estimate of drug-likeness (QED) is 0.647. The number of rotatable bonds is 2. The van der Waals surface area contributed by atoms with Crippen LogP contribution in [0.5, 0.6) is 0 Å². The number of nitrogens with zero attached hydrogens (tertiary/aromatic N) is 2. The molecule has 2 nitrogen and oxygen atoms in total. The molecule has 0 bridgehead atoms. The Hall–Kier alpha value is -1.83. The van der Waals surface area contributed by atoms with Gasteiger partial charge >= 0.3 is 0 Å². The summed E-state index contributed by atoms with van der Waals surface area (Å²) in [4.78, 5) is 0.962. The normalized spacial score (nSPS) is 10.5. The number of fused-ring (bicyclic) bond motifs is 1. The smallest absolute Gasteiger partial charge is 0.128 e. The summed E-state index contributed by atoms with van der Waals surface area (Å²) in [5.74, 6) is 0. The van der Waals surface area contributed by atoms with Gasteiger partial charge in [-0.2, -0.15) is 9.64 Å². The third-order valence-electron chi connectivity index (χ3n) is 3.00. The lowest BCUT2D eigenvalue weighted by Crippen LogP contribution is -1.82. The monoisotopic (exact) mass is 282 g/mol. The summed E-state index contributed by atoms with van der Waals surface area (Å²) >= 11 is 2.92. The van der Waals surface area contributed by atoms with Crippen LogP contribution in [0.25, 0.3) is 21.2 Å². The first kappa shape index (κ1) is 12.2. The van der Waals surface area contributed by atoms with Crippen LogP contribution in [-0.4, -0.2) is 10.6 Å². The Morgan fingerprint density at radius 2 is 1.95 bits per heavy atom. The van der Waals surface area contributed by atoms with Crippen molar-refractivity contribution in [1.82, 2.24) is 4.37 Å². The average Bonchev–Trinajstić information content (AvgIpc) is 2.89. The van der Waals surface area contributed by atoms with Gasteiger partial charge in [0.25, 0.3) is 0 Å². The Labute approximate surface area is 119 Å².